The number of carboxylic acid groups (broad SMARTS) is 1. The van der Waals surface area contributed by atoms with Crippen molar-refractivity contribution in [3.63, 3.8) is 0 Å². The normalized spacial score (nSPS) is 17.5. The fourth-order valence-corrected chi connectivity index (χ4v) is 1.80. The summed E-state index contributed by atoms with van der Waals surface area (Å²) < 4.78 is 37.3. The second-order valence-corrected chi connectivity index (χ2v) is 4.02. The molecule has 1 aromatic heterocycles. The van der Waals surface area contributed by atoms with E-state index in [2.05, 4.69) is 10.2 Å². The summed E-state index contributed by atoms with van der Waals surface area (Å²) in [7, 11) is 0. The molecule has 1 fully saturated rings. The van der Waals surface area contributed by atoms with Gasteiger partial charge in [-0.25, -0.2) is 9.69 Å². The first kappa shape index (κ1) is 13.5. The number of piperazine rings is 1. The van der Waals surface area contributed by atoms with Crippen LogP contribution < -0.4 is 4.90 Å². The van der Waals surface area contributed by atoms with Crippen molar-refractivity contribution in [1.29, 1.82) is 0 Å². The third-order valence-corrected chi connectivity index (χ3v) is 2.83. The first-order valence-corrected chi connectivity index (χ1v) is 5.51. The molecule has 0 saturated carbocycles. The molecule has 9 heteroatoms. The Morgan fingerprint density at radius 1 is 1.16 bits per heavy atom. The van der Waals surface area contributed by atoms with E-state index in [0.29, 0.717) is 10.7 Å². The Kier molecular flexibility index (Phi) is 3.56. The monoisotopic (exact) mass is 276 g/mol. The highest BCUT2D eigenvalue weighted by molar-refractivity contribution is 5.85. The lowest BCUT2D eigenvalue weighted by molar-refractivity contribution is -0.246. The highest BCUT2D eigenvalue weighted by Crippen LogP contribution is 2.23. The van der Waals surface area contributed by atoms with E-state index in [1.54, 1.807) is 4.90 Å². The number of rotatable bonds is 2. The van der Waals surface area contributed by atoms with E-state index in [9.17, 15) is 18.0 Å². The van der Waals surface area contributed by atoms with Crippen molar-refractivity contribution in [2.45, 2.75) is 6.30 Å². The van der Waals surface area contributed by atoms with E-state index >= 15 is 0 Å². The van der Waals surface area contributed by atoms with Gasteiger partial charge in [0.1, 0.15) is 0 Å². The quantitative estimate of drug-likeness (QED) is 0.806. The van der Waals surface area contributed by atoms with Crippen molar-refractivity contribution in [1.82, 2.24) is 15.1 Å². The zero-order valence-corrected chi connectivity index (χ0v) is 9.76. The molecule has 2 rings (SSSR count). The smallest absolute Gasteiger partial charge is 0.460 e. The summed E-state index contributed by atoms with van der Waals surface area (Å²) in [6.07, 6.45) is -4.31. The van der Waals surface area contributed by atoms with Crippen LogP contribution in [0.3, 0.4) is 0 Å². The maximum Gasteiger partial charge on any atom is 0.460 e. The number of carbonyl (C=O) groups is 1. The lowest BCUT2D eigenvalue weighted by atomic mass is 10.3. The Hall–Kier alpha value is -1.90. The van der Waals surface area contributed by atoms with Crippen LogP contribution in [0.1, 0.15) is 10.5 Å². The van der Waals surface area contributed by atoms with Crippen molar-refractivity contribution in [2.75, 3.05) is 31.1 Å². The summed E-state index contributed by atoms with van der Waals surface area (Å²) in [5.41, 5.74) is -0.197. The van der Waals surface area contributed by atoms with Crippen LogP contribution in [0.4, 0.5) is 19.0 Å². The van der Waals surface area contributed by atoms with Crippen LogP contribution in [0, 0.1) is 0 Å². The predicted octanol–water partition coefficient (Wildman–Crippen LogP) is 0.817. The number of anilines is 1. The van der Waals surface area contributed by atoms with E-state index in [-0.39, 0.29) is 31.9 Å². The number of nitrogens with zero attached hydrogens (tertiary/aromatic N) is 4. The zero-order valence-electron chi connectivity index (χ0n) is 9.76. The number of hydrogen-bond donors (Lipinski definition) is 1. The van der Waals surface area contributed by atoms with Gasteiger partial charge in [-0.3, -0.25) is 0 Å². The predicted molar refractivity (Wildman–Crippen MR) is 58.8 cm³/mol. The Balaban J connectivity index is 2.00. The van der Waals surface area contributed by atoms with Crippen LogP contribution in [-0.4, -0.2) is 58.7 Å². The van der Waals surface area contributed by atoms with E-state index in [1.165, 1.54) is 12.1 Å². The van der Waals surface area contributed by atoms with Crippen LogP contribution >= 0.6 is 0 Å². The molecule has 0 spiro atoms. The van der Waals surface area contributed by atoms with E-state index in [1.807, 2.05) is 0 Å². The molecule has 104 valence electrons. The molecule has 0 aromatic carbocycles. The van der Waals surface area contributed by atoms with Crippen molar-refractivity contribution in [2.24, 2.45) is 0 Å². The van der Waals surface area contributed by atoms with Crippen molar-refractivity contribution in [3.8, 4) is 0 Å². The topological polar surface area (TPSA) is 69.6 Å². The maximum absolute atomic E-state index is 12.4. The second-order valence-electron chi connectivity index (χ2n) is 4.02. The summed E-state index contributed by atoms with van der Waals surface area (Å²) in [5.74, 6) is -0.812. The van der Waals surface area contributed by atoms with Gasteiger partial charge in [-0.1, -0.05) is 0 Å². The Morgan fingerprint density at radius 2 is 1.79 bits per heavy atom. The molecule has 1 aliphatic rings. The lowest BCUT2D eigenvalue weighted by Gasteiger charge is -2.35. The molecule has 0 aliphatic carbocycles. The van der Waals surface area contributed by atoms with Gasteiger partial charge in [0.25, 0.3) is 0 Å². The number of aromatic carboxylic acids is 1. The molecule has 0 bridgehead atoms. The van der Waals surface area contributed by atoms with E-state index in [0.717, 1.165) is 0 Å². The molecule has 6 nitrogen and oxygen atoms in total. The van der Waals surface area contributed by atoms with Gasteiger partial charge < -0.3 is 10.0 Å². The SMILES string of the molecule is O=C(O)c1ccc(N2CCN(C(F)(F)F)CC2)nn1. The Labute approximate surface area is 106 Å². The molecular formula is C10H11F3N4O2. The van der Waals surface area contributed by atoms with Gasteiger partial charge >= 0.3 is 12.3 Å². The van der Waals surface area contributed by atoms with Gasteiger partial charge in [-0.05, 0) is 12.1 Å². The maximum atomic E-state index is 12.4. The minimum atomic E-state index is -4.31. The molecule has 1 aromatic rings. The molecule has 1 aliphatic heterocycles. The highest BCUT2D eigenvalue weighted by Gasteiger charge is 2.38. The standard InChI is InChI=1S/C10H11F3N4O2/c11-10(12,13)17-5-3-16(4-6-17)8-2-1-7(9(18)19)14-15-8/h1-2H,3-6H2,(H,18,19). The number of alkyl halides is 3. The summed E-state index contributed by atoms with van der Waals surface area (Å²) >= 11 is 0. The highest BCUT2D eigenvalue weighted by atomic mass is 19.4. The summed E-state index contributed by atoms with van der Waals surface area (Å²) in [5, 5.41) is 15.9. The summed E-state index contributed by atoms with van der Waals surface area (Å²) in [6.45, 7) is 0.0406. The lowest BCUT2D eigenvalue weighted by Crippen LogP contribution is -2.52. The number of carboxylic acids is 1. The summed E-state index contributed by atoms with van der Waals surface area (Å²) in [4.78, 5) is 12.7. The minimum absolute atomic E-state index is 0.147. The average Bonchev–Trinajstić information content (AvgIpc) is 2.38. The fraction of sp³-hybridized carbons (Fsp3) is 0.500. The number of halogens is 3. The number of hydrogen-bond acceptors (Lipinski definition) is 5. The van der Waals surface area contributed by atoms with Crippen LogP contribution in [0.5, 0.6) is 0 Å². The molecule has 1 N–H and O–H groups in total. The largest absolute Gasteiger partial charge is 0.476 e. The Bertz CT molecular complexity index is 455. The van der Waals surface area contributed by atoms with Crippen LogP contribution in [0.2, 0.25) is 0 Å². The molecule has 1 saturated heterocycles. The van der Waals surface area contributed by atoms with Gasteiger partial charge in [0.2, 0.25) is 0 Å². The molecule has 0 unspecified atom stereocenters. The van der Waals surface area contributed by atoms with Gasteiger partial charge in [-0.2, -0.15) is 13.2 Å². The molecule has 0 atom stereocenters. The molecular weight excluding hydrogens is 265 g/mol. The van der Waals surface area contributed by atoms with Gasteiger partial charge in [0.05, 0.1) is 0 Å². The van der Waals surface area contributed by atoms with Gasteiger partial charge in [0.15, 0.2) is 11.5 Å². The van der Waals surface area contributed by atoms with E-state index in [4.69, 9.17) is 5.11 Å². The van der Waals surface area contributed by atoms with Crippen LogP contribution in [0.25, 0.3) is 0 Å². The Morgan fingerprint density at radius 3 is 2.21 bits per heavy atom. The summed E-state index contributed by atoms with van der Waals surface area (Å²) in [6, 6.07) is 2.72. The van der Waals surface area contributed by atoms with Crippen molar-refractivity contribution in [3.05, 3.63) is 17.8 Å². The van der Waals surface area contributed by atoms with Gasteiger partial charge in [-0.15, -0.1) is 10.2 Å². The van der Waals surface area contributed by atoms with Gasteiger partial charge in [0, 0.05) is 26.2 Å². The van der Waals surface area contributed by atoms with Crippen molar-refractivity contribution >= 4 is 11.8 Å². The molecule has 0 amide bonds. The first-order chi connectivity index (χ1) is 8.88. The minimum Gasteiger partial charge on any atom is -0.476 e. The van der Waals surface area contributed by atoms with Crippen LogP contribution in [0.15, 0.2) is 12.1 Å². The third-order valence-electron chi connectivity index (χ3n) is 2.83. The average molecular weight is 276 g/mol. The van der Waals surface area contributed by atoms with E-state index < -0.39 is 12.3 Å². The zero-order chi connectivity index (χ0) is 14.0. The van der Waals surface area contributed by atoms with Crippen molar-refractivity contribution < 1.29 is 23.1 Å². The fourth-order valence-electron chi connectivity index (χ4n) is 1.80. The second kappa shape index (κ2) is 5.00. The molecule has 2 heterocycles. The number of aromatic nitrogens is 2. The first-order valence-electron chi connectivity index (χ1n) is 5.51. The molecule has 0 radical (unpaired) electrons. The third kappa shape index (κ3) is 3.11. The van der Waals surface area contributed by atoms with Crippen LogP contribution in [-0.2, 0) is 0 Å². The molecule has 19 heavy (non-hydrogen) atoms.